The Kier molecular flexibility index (Phi) is 8.86. The molecule has 6 nitrogen and oxygen atoms in total. The summed E-state index contributed by atoms with van der Waals surface area (Å²) in [4.78, 5) is 9.67. The van der Waals surface area contributed by atoms with Crippen molar-refractivity contribution in [3.05, 3.63) is 0 Å². The Morgan fingerprint density at radius 2 is 1.74 bits per heavy atom. The lowest BCUT2D eigenvalue weighted by Gasteiger charge is -2.43. The van der Waals surface area contributed by atoms with E-state index in [1.807, 2.05) is 0 Å². The quantitative estimate of drug-likeness (QED) is 0.403. The molecule has 2 fully saturated rings. The first-order chi connectivity index (χ1) is 12.8. The fraction of sp³-hybridized carbons (Fsp3) is 0.950. The second-order valence-corrected chi connectivity index (χ2v) is 10.8. The van der Waals surface area contributed by atoms with Crippen molar-refractivity contribution < 1.29 is 8.42 Å². The van der Waals surface area contributed by atoms with Crippen molar-refractivity contribution in [2.24, 2.45) is 16.8 Å². The predicted octanol–water partition coefficient (Wildman–Crippen LogP) is 2.22. The van der Waals surface area contributed by atoms with Gasteiger partial charge in [0.15, 0.2) is 5.96 Å². The highest BCUT2D eigenvalue weighted by molar-refractivity contribution is 7.90. The second-order valence-electron chi connectivity index (χ2n) is 8.55. The molecule has 0 spiro atoms. The Balaban J connectivity index is 1.79. The van der Waals surface area contributed by atoms with E-state index in [4.69, 9.17) is 0 Å². The van der Waals surface area contributed by atoms with Crippen LogP contribution in [0.3, 0.4) is 0 Å². The van der Waals surface area contributed by atoms with E-state index in [0.717, 1.165) is 56.6 Å². The Labute approximate surface area is 166 Å². The molecule has 0 aromatic heterocycles. The molecule has 0 amide bonds. The van der Waals surface area contributed by atoms with E-state index >= 15 is 0 Å². The Hall–Kier alpha value is -0.820. The minimum absolute atomic E-state index is 0.211. The van der Waals surface area contributed by atoms with Gasteiger partial charge in [-0.15, -0.1) is 0 Å². The number of hydrogen-bond acceptors (Lipinski definition) is 4. The lowest BCUT2D eigenvalue weighted by atomic mass is 9.79. The number of guanidine groups is 1. The standard InChI is InChI=1S/C20H40N4O2S/c1-5-21-20(22-11-6-16-27(4,25)26)24-14-12-23(13-15-24)19-9-7-18(8-10-19)17(2)3/h17-19H,5-16H2,1-4H3,(H,21,22). The van der Waals surface area contributed by atoms with Gasteiger partial charge in [-0.1, -0.05) is 13.8 Å². The van der Waals surface area contributed by atoms with Crippen LogP contribution in [0.15, 0.2) is 4.99 Å². The first-order valence-corrected chi connectivity index (χ1v) is 12.8. The van der Waals surface area contributed by atoms with Gasteiger partial charge in [-0.2, -0.15) is 0 Å². The third kappa shape index (κ3) is 7.60. The van der Waals surface area contributed by atoms with Gasteiger partial charge in [-0.3, -0.25) is 9.89 Å². The van der Waals surface area contributed by atoms with Crippen LogP contribution in [0.2, 0.25) is 0 Å². The average molecular weight is 401 g/mol. The molecule has 0 radical (unpaired) electrons. The van der Waals surface area contributed by atoms with Gasteiger partial charge in [0.25, 0.3) is 0 Å². The molecule has 1 saturated heterocycles. The van der Waals surface area contributed by atoms with Crippen LogP contribution in [0.1, 0.15) is 52.9 Å². The van der Waals surface area contributed by atoms with E-state index in [-0.39, 0.29) is 5.75 Å². The van der Waals surface area contributed by atoms with Gasteiger partial charge in [-0.25, -0.2) is 8.42 Å². The smallest absolute Gasteiger partial charge is 0.194 e. The van der Waals surface area contributed by atoms with E-state index < -0.39 is 9.84 Å². The number of hydrogen-bond donors (Lipinski definition) is 1. The Morgan fingerprint density at radius 3 is 2.26 bits per heavy atom. The van der Waals surface area contributed by atoms with Gasteiger partial charge in [-0.05, 0) is 50.9 Å². The molecule has 1 aliphatic heterocycles. The molecule has 0 atom stereocenters. The summed E-state index contributed by atoms with van der Waals surface area (Å²) in [5.74, 6) is 2.89. The molecule has 2 aliphatic rings. The summed E-state index contributed by atoms with van der Waals surface area (Å²) in [6.07, 6.45) is 7.34. The maximum Gasteiger partial charge on any atom is 0.194 e. The molecule has 1 N–H and O–H groups in total. The lowest BCUT2D eigenvalue weighted by molar-refractivity contribution is 0.0864. The van der Waals surface area contributed by atoms with Gasteiger partial charge < -0.3 is 10.2 Å². The molecule has 0 unspecified atom stereocenters. The van der Waals surface area contributed by atoms with Gasteiger partial charge in [0.1, 0.15) is 9.84 Å². The summed E-state index contributed by atoms with van der Waals surface area (Å²) in [6, 6.07) is 0.761. The molecule has 0 aromatic rings. The number of nitrogens with zero attached hydrogens (tertiary/aromatic N) is 3. The van der Waals surface area contributed by atoms with Crippen LogP contribution in [0.25, 0.3) is 0 Å². The molecule has 1 aliphatic carbocycles. The molecule has 2 rings (SSSR count). The number of aliphatic imine (C=N–C) groups is 1. The SMILES string of the molecule is CCNC(=NCCCS(C)(=O)=O)N1CCN(C2CCC(C(C)C)CC2)CC1. The summed E-state index contributed by atoms with van der Waals surface area (Å²) >= 11 is 0. The van der Waals surface area contributed by atoms with Crippen LogP contribution >= 0.6 is 0 Å². The highest BCUT2D eigenvalue weighted by atomic mass is 32.2. The molecular formula is C20H40N4O2S. The molecule has 0 aromatic carbocycles. The molecule has 0 bridgehead atoms. The van der Waals surface area contributed by atoms with Crippen LogP contribution in [-0.4, -0.2) is 81.5 Å². The van der Waals surface area contributed by atoms with Crippen LogP contribution in [-0.2, 0) is 9.84 Å². The predicted molar refractivity (Wildman–Crippen MR) is 114 cm³/mol. The van der Waals surface area contributed by atoms with E-state index in [1.165, 1.54) is 31.9 Å². The minimum Gasteiger partial charge on any atom is -0.357 e. The first kappa shape index (κ1) is 22.5. The molecular weight excluding hydrogens is 360 g/mol. The fourth-order valence-electron chi connectivity index (χ4n) is 4.37. The topological polar surface area (TPSA) is 65.0 Å². The normalized spacial score (nSPS) is 25.8. The number of piperazine rings is 1. The highest BCUT2D eigenvalue weighted by Gasteiger charge is 2.29. The lowest BCUT2D eigenvalue weighted by Crippen LogP contribution is -2.55. The van der Waals surface area contributed by atoms with Crippen molar-refractivity contribution >= 4 is 15.8 Å². The van der Waals surface area contributed by atoms with Crippen molar-refractivity contribution in [1.82, 2.24) is 15.1 Å². The van der Waals surface area contributed by atoms with E-state index in [2.05, 4.69) is 40.9 Å². The molecule has 1 heterocycles. The van der Waals surface area contributed by atoms with E-state index in [1.54, 1.807) is 0 Å². The summed E-state index contributed by atoms with van der Waals surface area (Å²) in [6.45, 7) is 12.4. The minimum atomic E-state index is -2.90. The molecule has 158 valence electrons. The van der Waals surface area contributed by atoms with Crippen molar-refractivity contribution in [3.63, 3.8) is 0 Å². The van der Waals surface area contributed by atoms with Gasteiger partial charge in [0, 0.05) is 51.6 Å². The van der Waals surface area contributed by atoms with Crippen molar-refractivity contribution in [2.75, 3.05) is 51.3 Å². The van der Waals surface area contributed by atoms with Crippen LogP contribution in [0, 0.1) is 11.8 Å². The highest BCUT2D eigenvalue weighted by Crippen LogP contribution is 2.32. The number of nitrogens with one attached hydrogen (secondary N) is 1. The second kappa shape index (κ2) is 10.6. The van der Waals surface area contributed by atoms with Crippen molar-refractivity contribution in [2.45, 2.75) is 58.9 Å². The summed E-state index contributed by atoms with van der Waals surface area (Å²) in [7, 11) is -2.90. The maximum atomic E-state index is 11.3. The average Bonchev–Trinajstić information content (AvgIpc) is 2.64. The zero-order chi connectivity index (χ0) is 19.9. The number of sulfone groups is 1. The van der Waals surface area contributed by atoms with E-state index in [9.17, 15) is 8.42 Å². The third-order valence-corrected chi connectivity index (χ3v) is 7.11. The van der Waals surface area contributed by atoms with Crippen LogP contribution in [0.5, 0.6) is 0 Å². The summed E-state index contributed by atoms with van der Waals surface area (Å²) < 4.78 is 22.5. The Morgan fingerprint density at radius 1 is 1.11 bits per heavy atom. The Bertz CT molecular complexity index is 561. The summed E-state index contributed by atoms with van der Waals surface area (Å²) in [5.41, 5.74) is 0. The molecule has 1 saturated carbocycles. The van der Waals surface area contributed by atoms with Gasteiger partial charge in [0.05, 0.1) is 5.75 Å². The largest absolute Gasteiger partial charge is 0.357 e. The van der Waals surface area contributed by atoms with Crippen molar-refractivity contribution in [1.29, 1.82) is 0 Å². The van der Waals surface area contributed by atoms with Crippen LogP contribution in [0.4, 0.5) is 0 Å². The molecule has 27 heavy (non-hydrogen) atoms. The van der Waals surface area contributed by atoms with Crippen LogP contribution < -0.4 is 5.32 Å². The molecule has 7 heteroatoms. The zero-order valence-corrected chi connectivity index (χ0v) is 18.6. The van der Waals surface area contributed by atoms with Crippen molar-refractivity contribution in [3.8, 4) is 0 Å². The van der Waals surface area contributed by atoms with Gasteiger partial charge in [0.2, 0.25) is 0 Å². The van der Waals surface area contributed by atoms with E-state index in [0.29, 0.717) is 13.0 Å². The third-order valence-electron chi connectivity index (χ3n) is 6.08. The number of rotatable bonds is 7. The monoisotopic (exact) mass is 400 g/mol. The maximum absolute atomic E-state index is 11.3. The fourth-order valence-corrected chi connectivity index (χ4v) is 5.02. The van der Waals surface area contributed by atoms with Gasteiger partial charge >= 0.3 is 0 Å². The zero-order valence-electron chi connectivity index (χ0n) is 17.8. The first-order valence-electron chi connectivity index (χ1n) is 10.7. The summed E-state index contributed by atoms with van der Waals surface area (Å²) in [5, 5.41) is 3.37.